The van der Waals surface area contributed by atoms with Crippen molar-refractivity contribution in [2.24, 2.45) is 5.92 Å². The third kappa shape index (κ3) is 4.85. The minimum Gasteiger partial charge on any atom is -0.435 e. The van der Waals surface area contributed by atoms with E-state index in [2.05, 4.69) is 10.1 Å². The van der Waals surface area contributed by atoms with Crippen LogP contribution in [-0.2, 0) is 4.79 Å². The molecule has 1 N–H and O–H groups in total. The zero-order valence-electron chi connectivity index (χ0n) is 11.3. The van der Waals surface area contributed by atoms with Crippen LogP contribution in [0.4, 0.5) is 8.78 Å². The number of benzene rings is 1. The molecule has 1 amide bonds. The first-order valence-corrected chi connectivity index (χ1v) is 6.29. The van der Waals surface area contributed by atoms with Crippen molar-refractivity contribution in [1.29, 1.82) is 0 Å². The number of rotatable bonds is 6. The van der Waals surface area contributed by atoms with E-state index in [1.807, 2.05) is 20.8 Å². The van der Waals surface area contributed by atoms with Crippen molar-refractivity contribution in [3.8, 4) is 5.75 Å². The molecule has 19 heavy (non-hydrogen) atoms. The maximum Gasteiger partial charge on any atom is 0.387 e. The number of carbonyl (C=O) groups excluding carboxylic acids is 1. The molecule has 0 saturated heterocycles. The van der Waals surface area contributed by atoms with Crippen LogP contribution in [0.25, 0.3) is 0 Å². The molecule has 0 aliphatic carbocycles. The van der Waals surface area contributed by atoms with Crippen LogP contribution in [0, 0.1) is 5.92 Å². The Morgan fingerprint density at radius 2 is 1.84 bits per heavy atom. The van der Waals surface area contributed by atoms with Crippen LogP contribution in [-0.4, -0.2) is 12.5 Å². The number of nitrogens with one attached hydrogen (secondary N) is 1. The first kappa shape index (κ1) is 15.4. The largest absolute Gasteiger partial charge is 0.435 e. The lowest BCUT2D eigenvalue weighted by Gasteiger charge is -2.17. The van der Waals surface area contributed by atoms with E-state index in [4.69, 9.17) is 0 Å². The Morgan fingerprint density at radius 3 is 2.32 bits per heavy atom. The van der Waals surface area contributed by atoms with Gasteiger partial charge in [0.15, 0.2) is 0 Å². The minimum atomic E-state index is -2.83. The Morgan fingerprint density at radius 1 is 1.26 bits per heavy atom. The number of halogens is 2. The van der Waals surface area contributed by atoms with E-state index in [0.29, 0.717) is 0 Å². The van der Waals surface area contributed by atoms with Gasteiger partial charge in [-0.15, -0.1) is 0 Å². The van der Waals surface area contributed by atoms with Gasteiger partial charge in [0.05, 0.1) is 6.04 Å². The lowest BCUT2D eigenvalue weighted by Crippen LogP contribution is -2.31. The van der Waals surface area contributed by atoms with Gasteiger partial charge in [-0.2, -0.15) is 8.78 Å². The molecule has 1 rings (SSSR count). The monoisotopic (exact) mass is 271 g/mol. The molecule has 5 heteroatoms. The van der Waals surface area contributed by atoms with E-state index in [1.54, 1.807) is 12.1 Å². The van der Waals surface area contributed by atoms with Crippen molar-refractivity contribution < 1.29 is 18.3 Å². The van der Waals surface area contributed by atoms with Crippen LogP contribution in [0.5, 0.6) is 5.75 Å². The molecule has 0 radical (unpaired) electrons. The summed E-state index contributed by atoms with van der Waals surface area (Å²) >= 11 is 0. The van der Waals surface area contributed by atoms with Gasteiger partial charge in [0.25, 0.3) is 0 Å². The van der Waals surface area contributed by atoms with Crippen molar-refractivity contribution in [2.45, 2.75) is 39.8 Å². The summed E-state index contributed by atoms with van der Waals surface area (Å²) in [7, 11) is 0. The SMILES string of the molecule is CCC(C)C(=O)NC(C)c1ccc(OC(F)F)cc1. The summed E-state index contributed by atoms with van der Waals surface area (Å²) < 4.78 is 28.3. The molecule has 2 atom stereocenters. The molecule has 1 aromatic carbocycles. The second kappa shape index (κ2) is 7.07. The van der Waals surface area contributed by atoms with Gasteiger partial charge in [-0.05, 0) is 31.0 Å². The van der Waals surface area contributed by atoms with Gasteiger partial charge in [-0.3, -0.25) is 4.79 Å². The number of carbonyl (C=O) groups is 1. The smallest absolute Gasteiger partial charge is 0.387 e. The molecule has 0 aromatic heterocycles. The van der Waals surface area contributed by atoms with Crippen LogP contribution >= 0.6 is 0 Å². The van der Waals surface area contributed by atoms with Gasteiger partial charge in [0.1, 0.15) is 5.75 Å². The fraction of sp³-hybridized carbons (Fsp3) is 0.500. The van der Waals surface area contributed by atoms with E-state index in [1.165, 1.54) is 12.1 Å². The quantitative estimate of drug-likeness (QED) is 0.859. The first-order valence-electron chi connectivity index (χ1n) is 6.29. The molecular formula is C14H19F2NO2. The Bertz CT molecular complexity index is 406. The van der Waals surface area contributed by atoms with Crippen LogP contribution in [0.3, 0.4) is 0 Å². The van der Waals surface area contributed by atoms with Crippen molar-refractivity contribution in [1.82, 2.24) is 5.32 Å². The Labute approximate surface area is 112 Å². The van der Waals surface area contributed by atoms with Crippen LogP contribution in [0.1, 0.15) is 38.8 Å². The molecule has 0 aliphatic heterocycles. The molecule has 2 unspecified atom stereocenters. The molecular weight excluding hydrogens is 252 g/mol. The second-order valence-corrected chi connectivity index (χ2v) is 4.49. The maximum atomic E-state index is 12.0. The van der Waals surface area contributed by atoms with Crippen LogP contribution in [0.15, 0.2) is 24.3 Å². The van der Waals surface area contributed by atoms with Gasteiger partial charge in [0.2, 0.25) is 5.91 Å². The summed E-state index contributed by atoms with van der Waals surface area (Å²) in [6.07, 6.45) is 0.777. The third-order valence-electron chi connectivity index (χ3n) is 3.02. The summed E-state index contributed by atoms with van der Waals surface area (Å²) in [5.74, 6) is 0.0611. The molecule has 3 nitrogen and oxygen atoms in total. The van der Waals surface area contributed by atoms with E-state index >= 15 is 0 Å². The van der Waals surface area contributed by atoms with Gasteiger partial charge in [0, 0.05) is 5.92 Å². The summed E-state index contributed by atoms with van der Waals surface area (Å²) in [5, 5.41) is 2.88. The normalized spacial score (nSPS) is 14.0. The lowest BCUT2D eigenvalue weighted by molar-refractivity contribution is -0.125. The number of hydrogen-bond acceptors (Lipinski definition) is 2. The predicted molar refractivity (Wildman–Crippen MR) is 69.1 cm³/mol. The molecule has 0 heterocycles. The van der Waals surface area contributed by atoms with Crippen molar-refractivity contribution in [3.63, 3.8) is 0 Å². The highest BCUT2D eigenvalue weighted by molar-refractivity contribution is 5.78. The average Bonchev–Trinajstić information content (AvgIpc) is 2.37. The van der Waals surface area contributed by atoms with Crippen molar-refractivity contribution in [2.75, 3.05) is 0 Å². The molecule has 0 saturated carbocycles. The summed E-state index contributed by atoms with van der Waals surface area (Å²) in [5.41, 5.74) is 0.846. The van der Waals surface area contributed by atoms with Gasteiger partial charge >= 0.3 is 6.61 Å². The Kier molecular flexibility index (Phi) is 5.73. The standard InChI is InChI=1S/C14H19F2NO2/c1-4-9(2)13(18)17-10(3)11-5-7-12(8-6-11)19-14(15)16/h5-10,14H,4H2,1-3H3,(H,17,18). The Hall–Kier alpha value is -1.65. The number of hydrogen-bond donors (Lipinski definition) is 1. The summed E-state index contributed by atoms with van der Waals surface area (Å²) in [4.78, 5) is 11.7. The highest BCUT2D eigenvalue weighted by Gasteiger charge is 2.14. The molecule has 0 spiro atoms. The number of ether oxygens (including phenoxy) is 1. The van der Waals surface area contributed by atoms with E-state index in [0.717, 1.165) is 12.0 Å². The molecule has 106 valence electrons. The maximum absolute atomic E-state index is 12.0. The number of alkyl halides is 2. The molecule has 1 aromatic rings. The molecule has 0 fully saturated rings. The van der Waals surface area contributed by atoms with Crippen molar-refractivity contribution >= 4 is 5.91 Å². The highest BCUT2D eigenvalue weighted by Crippen LogP contribution is 2.19. The second-order valence-electron chi connectivity index (χ2n) is 4.49. The minimum absolute atomic E-state index is 0.0112. The summed E-state index contributed by atoms with van der Waals surface area (Å²) in [6, 6.07) is 6.10. The van der Waals surface area contributed by atoms with E-state index in [-0.39, 0.29) is 23.6 Å². The van der Waals surface area contributed by atoms with Gasteiger partial charge in [-0.1, -0.05) is 26.0 Å². The molecule has 0 bridgehead atoms. The third-order valence-corrected chi connectivity index (χ3v) is 3.02. The average molecular weight is 271 g/mol. The number of amides is 1. The Balaban J connectivity index is 2.62. The van der Waals surface area contributed by atoms with Crippen LogP contribution in [0.2, 0.25) is 0 Å². The molecule has 0 aliphatic rings. The van der Waals surface area contributed by atoms with Gasteiger partial charge in [-0.25, -0.2) is 0 Å². The zero-order chi connectivity index (χ0) is 14.4. The fourth-order valence-electron chi connectivity index (χ4n) is 1.56. The topological polar surface area (TPSA) is 38.3 Å². The van der Waals surface area contributed by atoms with Crippen LogP contribution < -0.4 is 10.1 Å². The zero-order valence-corrected chi connectivity index (χ0v) is 11.3. The van der Waals surface area contributed by atoms with Gasteiger partial charge < -0.3 is 10.1 Å². The van der Waals surface area contributed by atoms with Crippen molar-refractivity contribution in [3.05, 3.63) is 29.8 Å². The predicted octanol–water partition coefficient (Wildman–Crippen LogP) is 3.51. The fourth-order valence-corrected chi connectivity index (χ4v) is 1.56. The van der Waals surface area contributed by atoms with E-state index < -0.39 is 6.61 Å². The lowest BCUT2D eigenvalue weighted by atomic mass is 10.1. The highest BCUT2D eigenvalue weighted by atomic mass is 19.3. The summed E-state index contributed by atoms with van der Waals surface area (Å²) in [6.45, 7) is 2.84. The first-order chi connectivity index (χ1) is 8.93. The van der Waals surface area contributed by atoms with E-state index in [9.17, 15) is 13.6 Å².